The van der Waals surface area contributed by atoms with Crippen LogP contribution >= 0.6 is 0 Å². The van der Waals surface area contributed by atoms with Crippen molar-refractivity contribution in [1.29, 1.82) is 0 Å². The predicted octanol–water partition coefficient (Wildman–Crippen LogP) is 2.41. The van der Waals surface area contributed by atoms with Gasteiger partial charge in [-0.05, 0) is 24.8 Å². The fourth-order valence-electron chi connectivity index (χ4n) is 2.44. The first-order valence-corrected chi connectivity index (χ1v) is 5.87. The lowest BCUT2D eigenvalue weighted by atomic mass is 9.79. The fourth-order valence-corrected chi connectivity index (χ4v) is 2.44. The number of rotatable bonds is 2. The Morgan fingerprint density at radius 1 is 1.38 bits per heavy atom. The second kappa shape index (κ2) is 3.59. The molecule has 1 fully saturated rings. The summed E-state index contributed by atoms with van der Waals surface area (Å²) in [7, 11) is 1.93. The Kier molecular flexibility index (Phi) is 2.21. The van der Waals surface area contributed by atoms with Gasteiger partial charge in [-0.2, -0.15) is 5.10 Å². The highest BCUT2D eigenvalue weighted by Gasteiger charge is 2.29. The van der Waals surface area contributed by atoms with Gasteiger partial charge in [0.2, 0.25) is 0 Å². The molecule has 1 heterocycles. The van der Waals surface area contributed by atoms with Gasteiger partial charge in [0.25, 0.3) is 0 Å². The van der Waals surface area contributed by atoms with E-state index in [-0.39, 0.29) is 6.10 Å². The number of benzene rings is 1. The molecule has 0 bridgehead atoms. The zero-order valence-electron chi connectivity index (χ0n) is 9.43. The molecule has 1 aromatic carbocycles. The first-order valence-electron chi connectivity index (χ1n) is 5.87. The first kappa shape index (κ1) is 9.85. The highest BCUT2D eigenvalue weighted by Crippen LogP contribution is 2.39. The average Bonchev–Trinajstić information content (AvgIpc) is 2.55. The number of hydrogen-bond donors (Lipinski definition) is 1. The standard InChI is InChI=1S/C13H16N2O/c1-15-11-8-3-2-7-10(11)12(14-15)13(16)9-5-4-6-9/h2-3,7-9,13,16H,4-6H2,1H3. The molecule has 84 valence electrons. The molecule has 1 atom stereocenters. The van der Waals surface area contributed by atoms with Crippen molar-refractivity contribution in [2.24, 2.45) is 13.0 Å². The Bertz CT molecular complexity index is 514. The molecular weight excluding hydrogens is 200 g/mol. The van der Waals surface area contributed by atoms with Crippen LogP contribution < -0.4 is 0 Å². The summed E-state index contributed by atoms with van der Waals surface area (Å²) in [6.45, 7) is 0. The summed E-state index contributed by atoms with van der Waals surface area (Å²) < 4.78 is 1.85. The van der Waals surface area contributed by atoms with Gasteiger partial charge in [0.1, 0.15) is 6.10 Å². The van der Waals surface area contributed by atoms with Crippen LogP contribution in [0.25, 0.3) is 10.9 Å². The summed E-state index contributed by atoms with van der Waals surface area (Å²) in [6, 6.07) is 8.09. The predicted molar refractivity (Wildman–Crippen MR) is 63.0 cm³/mol. The van der Waals surface area contributed by atoms with Crippen LogP contribution in [0.5, 0.6) is 0 Å². The Labute approximate surface area is 94.7 Å². The third-order valence-corrected chi connectivity index (χ3v) is 3.66. The molecule has 0 saturated heterocycles. The van der Waals surface area contributed by atoms with Crippen molar-refractivity contribution in [3.8, 4) is 0 Å². The molecule has 2 aromatic rings. The van der Waals surface area contributed by atoms with Crippen molar-refractivity contribution >= 4 is 10.9 Å². The maximum absolute atomic E-state index is 10.3. The van der Waals surface area contributed by atoms with E-state index in [0.29, 0.717) is 5.92 Å². The normalized spacial score (nSPS) is 18.6. The first-order chi connectivity index (χ1) is 7.77. The molecule has 1 N–H and O–H groups in total. The lowest BCUT2D eigenvalue weighted by Gasteiger charge is -2.29. The Morgan fingerprint density at radius 2 is 2.12 bits per heavy atom. The average molecular weight is 216 g/mol. The molecule has 3 rings (SSSR count). The van der Waals surface area contributed by atoms with E-state index in [9.17, 15) is 5.11 Å². The van der Waals surface area contributed by atoms with Crippen LogP contribution in [0, 0.1) is 5.92 Å². The lowest BCUT2D eigenvalue weighted by Crippen LogP contribution is -2.20. The zero-order valence-corrected chi connectivity index (χ0v) is 9.43. The van der Waals surface area contributed by atoms with Crippen LogP contribution in [-0.2, 0) is 7.05 Å². The van der Waals surface area contributed by atoms with E-state index in [1.165, 1.54) is 6.42 Å². The Hall–Kier alpha value is -1.35. The number of aromatic nitrogens is 2. The quantitative estimate of drug-likeness (QED) is 0.837. The second-order valence-electron chi connectivity index (χ2n) is 4.66. The minimum Gasteiger partial charge on any atom is -0.386 e. The molecule has 1 aromatic heterocycles. The van der Waals surface area contributed by atoms with E-state index in [1.807, 2.05) is 36.0 Å². The van der Waals surface area contributed by atoms with Crippen molar-refractivity contribution in [1.82, 2.24) is 9.78 Å². The summed E-state index contributed by atoms with van der Waals surface area (Å²) >= 11 is 0. The molecule has 1 aliphatic rings. The number of fused-ring (bicyclic) bond motifs is 1. The molecule has 0 amide bonds. The van der Waals surface area contributed by atoms with Gasteiger partial charge in [-0.15, -0.1) is 0 Å². The third kappa shape index (κ3) is 1.35. The van der Waals surface area contributed by atoms with Gasteiger partial charge in [0.05, 0.1) is 11.2 Å². The summed E-state index contributed by atoms with van der Waals surface area (Å²) in [5.74, 6) is 0.415. The molecule has 0 aliphatic heterocycles. The van der Waals surface area contributed by atoms with Gasteiger partial charge < -0.3 is 5.11 Å². The zero-order chi connectivity index (χ0) is 11.1. The van der Waals surface area contributed by atoms with Crippen LogP contribution in [0.3, 0.4) is 0 Å². The van der Waals surface area contributed by atoms with Gasteiger partial charge in [0.15, 0.2) is 0 Å². The number of para-hydroxylation sites is 1. The van der Waals surface area contributed by atoms with Crippen molar-refractivity contribution in [2.45, 2.75) is 25.4 Å². The highest BCUT2D eigenvalue weighted by molar-refractivity contribution is 5.82. The molecule has 0 radical (unpaired) electrons. The molecule has 1 unspecified atom stereocenters. The van der Waals surface area contributed by atoms with Crippen LogP contribution in [0.15, 0.2) is 24.3 Å². The monoisotopic (exact) mass is 216 g/mol. The number of aliphatic hydroxyl groups excluding tert-OH is 1. The molecule has 3 nitrogen and oxygen atoms in total. The van der Waals surface area contributed by atoms with Gasteiger partial charge in [-0.25, -0.2) is 0 Å². The van der Waals surface area contributed by atoms with Gasteiger partial charge in [-0.3, -0.25) is 4.68 Å². The molecule has 0 spiro atoms. The van der Waals surface area contributed by atoms with E-state index in [4.69, 9.17) is 0 Å². The van der Waals surface area contributed by atoms with Gasteiger partial charge in [-0.1, -0.05) is 24.6 Å². The molecule has 16 heavy (non-hydrogen) atoms. The maximum Gasteiger partial charge on any atom is 0.101 e. The fraction of sp³-hybridized carbons (Fsp3) is 0.462. The lowest BCUT2D eigenvalue weighted by molar-refractivity contribution is 0.0593. The van der Waals surface area contributed by atoms with Crippen molar-refractivity contribution in [3.63, 3.8) is 0 Å². The van der Waals surface area contributed by atoms with E-state index in [2.05, 4.69) is 5.10 Å². The SMILES string of the molecule is Cn1nc(C(O)C2CCC2)c2ccccc21. The summed E-state index contributed by atoms with van der Waals surface area (Å²) in [5, 5.41) is 15.8. The topological polar surface area (TPSA) is 38.0 Å². The molecular formula is C13H16N2O. The summed E-state index contributed by atoms with van der Waals surface area (Å²) in [6.07, 6.45) is 3.12. The highest BCUT2D eigenvalue weighted by atomic mass is 16.3. The van der Waals surface area contributed by atoms with Crippen LogP contribution in [0.2, 0.25) is 0 Å². The molecule has 3 heteroatoms. The van der Waals surface area contributed by atoms with Crippen LogP contribution in [0.4, 0.5) is 0 Å². The van der Waals surface area contributed by atoms with Crippen LogP contribution in [0.1, 0.15) is 31.1 Å². The van der Waals surface area contributed by atoms with E-state index < -0.39 is 0 Å². The minimum absolute atomic E-state index is 0.389. The van der Waals surface area contributed by atoms with Crippen LogP contribution in [-0.4, -0.2) is 14.9 Å². The number of nitrogens with zero attached hydrogens (tertiary/aromatic N) is 2. The van der Waals surface area contributed by atoms with Gasteiger partial charge in [0, 0.05) is 12.4 Å². The largest absolute Gasteiger partial charge is 0.386 e. The summed E-state index contributed by atoms with van der Waals surface area (Å²) in [5.41, 5.74) is 1.94. The molecule has 1 saturated carbocycles. The smallest absolute Gasteiger partial charge is 0.101 e. The maximum atomic E-state index is 10.3. The van der Waals surface area contributed by atoms with Crippen molar-refractivity contribution < 1.29 is 5.11 Å². The number of aliphatic hydroxyl groups is 1. The van der Waals surface area contributed by atoms with E-state index >= 15 is 0 Å². The third-order valence-electron chi connectivity index (χ3n) is 3.66. The number of hydrogen-bond acceptors (Lipinski definition) is 2. The second-order valence-corrected chi connectivity index (χ2v) is 4.66. The van der Waals surface area contributed by atoms with E-state index in [1.54, 1.807) is 0 Å². The summed E-state index contributed by atoms with van der Waals surface area (Å²) in [4.78, 5) is 0. The number of aryl methyl sites for hydroxylation is 1. The Balaban J connectivity index is 2.08. The van der Waals surface area contributed by atoms with Crippen molar-refractivity contribution in [3.05, 3.63) is 30.0 Å². The van der Waals surface area contributed by atoms with Crippen molar-refractivity contribution in [2.75, 3.05) is 0 Å². The Morgan fingerprint density at radius 3 is 2.81 bits per heavy atom. The van der Waals surface area contributed by atoms with E-state index in [0.717, 1.165) is 29.4 Å². The minimum atomic E-state index is -0.389. The molecule has 1 aliphatic carbocycles. The van der Waals surface area contributed by atoms with Gasteiger partial charge >= 0.3 is 0 Å².